The van der Waals surface area contributed by atoms with E-state index in [4.69, 9.17) is 4.84 Å². The predicted octanol–water partition coefficient (Wildman–Crippen LogP) is 1.90. The van der Waals surface area contributed by atoms with E-state index in [2.05, 4.69) is 15.4 Å². The summed E-state index contributed by atoms with van der Waals surface area (Å²) in [5, 5.41) is 13.7. The first-order chi connectivity index (χ1) is 6.34. The lowest BCUT2D eigenvalue weighted by Crippen LogP contribution is -2.09. The van der Waals surface area contributed by atoms with E-state index in [1.165, 1.54) is 12.1 Å². The van der Waals surface area contributed by atoms with E-state index in [0.717, 1.165) is 22.9 Å². The fourth-order valence-electron chi connectivity index (χ4n) is 1.00. The molecule has 13 heavy (non-hydrogen) atoms. The minimum Gasteiger partial charge on any atom is -0.388 e. The van der Waals surface area contributed by atoms with Crippen molar-refractivity contribution in [3.05, 3.63) is 10.0 Å². The number of rotatable bonds is 3. The lowest BCUT2D eigenvalue weighted by Gasteiger charge is -2.12. The van der Waals surface area contributed by atoms with Crippen molar-refractivity contribution < 1.29 is 4.84 Å². The van der Waals surface area contributed by atoms with Gasteiger partial charge in [0.15, 0.2) is 11.6 Å². The van der Waals surface area contributed by atoms with Crippen molar-refractivity contribution in [3.63, 3.8) is 0 Å². The van der Waals surface area contributed by atoms with Crippen molar-refractivity contribution in [3.8, 4) is 0 Å². The zero-order valence-electron chi connectivity index (χ0n) is 7.49. The molecule has 0 atom stereocenters. The summed E-state index contributed by atoms with van der Waals surface area (Å²) in [5.74, 6) is 0. The topological polar surface area (TPSA) is 47.4 Å². The van der Waals surface area contributed by atoms with Gasteiger partial charge in [-0.05, 0) is 26.2 Å². The average molecular weight is 197 g/mol. The maximum Gasteiger partial charge on any atom is 0.170 e. The molecule has 4 nitrogen and oxygen atoms in total. The average Bonchev–Trinajstić information content (AvgIpc) is 2.42. The first-order valence-electron chi connectivity index (χ1n) is 4.31. The van der Waals surface area contributed by atoms with Gasteiger partial charge in [0.25, 0.3) is 0 Å². The molecule has 0 bridgehead atoms. The quantitative estimate of drug-likeness (QED) is 0.695. The van der Waals surface area contributed by atoms with Crippen molar-refractivity contribution >= 4 is 17.0 Å². The van der Waals surface area contributed by atoms with Crippen LogP contribution in [0, 0.1) is 6.92 Å². The molecule has 1 aliphatic carbocycles. The lowest BCUT2D eigenvalue weighted by atomic mass is 9.98. The Bertz CT molecular complexity index is 315. The molecule has 1 heterocycles. The third-order valence-corrected chi connectivity index (χ3v) is 2.69. The zero-order valence-corrected chi connectivity index (χ0v) is 8.30. The van der Waals surface area contributed by atoms with Crippen molar-refractivity contribution in [2.75, 3.05) is 0 Å². The van der Waals surface area contributed by atoms with E-state index in [9.17, 15) is 0 Å². The number of aryl methyl sites for hydroxylation is 1. The summed E-state index contributed by atoms with van der Waals surface area (Å²) < 4.78 is 0. The molecule has 2 rings (SSSR count). The second kappa shape index (κ2) is 3.83. The molecule has 0 saturated heterocycles. The van der Waals surface area contributed by atoms with Crippen molar-refractivity contribution in [2.24, 2.45) is 5.16 Å². The van der Waals surface area contributed by atoms with E-state index < -0.39 is 0 Å². The summed E-state index contributed by atoms with van der Waals surface area (Å²) in [6, 6.07) is 0. The molecule has 0 N–H and O–H groups in total. The summed E-state index contributed by atoms with van der Waals surface area (Å²) >= 11 is 1.55. The van der Waals surface area contributed by atoms with Crippen LogP contribution in [-0.4, -0.2) is 15.9 Å². The van der Waals surface area contributed by atoms with Gasteiger partial charge in [-0.25, -0.2) is 0 Å². The van der Waals surface area contributed by atoms with E-state index in [1.807, 2.05) is 6.92 Å². The molecule has 1 aliphatic rings. The van der Waals surface area contributed by atoms with Crippen molar-refractivity contribution in [1.29, 1.82) is 0 Å². The Morgan fingerprint density at radius 1 is 1.46 bits per heavy atom. The van der Waals surface area contributed by atoms with Gasteiger partial charge in [-0.1, -0.05) is 16.5 Å². The van der Waals surface area contributed by atoms with Crippen LogP contribution in [0.15, 0.2) is 5.16 Å². The first kappa shape index (κ1) is 8.62. The minimum atomic E-state index is 0.453. The van der Waals surface area contributed by atoms with Gasteiger partial charge in [0.1, 0.15) is 5.01 Å². The fourth-order valence-corrected chi connectivity index (χ4v) is 1.62. The molecule has 0 aromatic carbocycles. The number of hydrogen-bond acceptors (Lipinski definition) is 5. The highest BCUT2D eigenvalue weighted by Crippen LogP contribution is 2.15. The molecule has 0 aliphatic heterocycles. The van der Waals surface area contributed by atoms with Crippen LogP contribution in [0.2, 0.25) is 0 Å². The molecule has 0 radical (unpaired) electrons. The second-order valence-corrected chi connectivity index (χ2v) is 4.27. The van der Waals surface area contributed by atoms with Gasteiger partial charge in [-0.15, -0.1) is 10.2 Å². The second-order valence-electron chi connectivity index (χ2n) is 3.00. The minimum absolute atomic E-state index is 0.453. The molecule has 0 spiro atoms. The monoisotopic (exact) mass is 197 g/mol. The maximum atomic E-state index is 5.13. The standard InChI is InChI=1S/C8H11N3OS/c1-6-9-10-8(13-6)5-12-11-7-3-2-4-7/h2-5H2,1H3. The molecule has 1 fully saturated rings. The first-order valence-corrected chi connectivity index (χ1v) is 5.13. The Morgan fingerprint density at radius 3 is 2.85 bits per heavy atom. The Balaban J connectivity index is 1.79. The summed E-state index contributed by atoms with van der Waals surface area (Å²) in [6.45, 7) is 2.38. The molecule has 1 aromatic heterocycles. The number of oxime groups is 1. The maximum absolute atomic E-state index is 5.13. The van der Waals surface area contributed by atoms with Gasteiger partial charge in [0, 0.05) is 0 Å². The summed E-state index contributed by atoms with van der Waals surface area (Å²) in [5.41, 5.74) is 1.17. The molecule has 70 valence electrons. The van der Waals surface area contributed by atoms with Crippen molar-refractivity contribution in [2.45, 2.75) is 32.8 Å². The molecular weight excluding hydrogens is 186 g/mol. The Kier molecular flexibility index (Phi) is 2.54. The van der Waals surface area contributed by atoms with E-state index in [1.54, 1.807) is 11.3 Å². The molecule has 1 saturated carbocycles. The van der Waals surface area contributed by atoms with Crippen LogP contribution in [0.5, 0.6) is 0 Å². The van der Waals surface area contributed by atoms with Crippen LogP contribution >= 0.6 is 11.3 Å². The van der Waals surface area contributed by atoms with Gasteiger partial charge in [0.05, 0.1) is 5.71 Å². The van der Waals surface area contributed by atoms with Gasteiger partial charge >= 0.3 is 0 Å². The van der Waals surface area contributed by atoms with Crippen LogP contribution in [0.3, 0.4) is 0 Å². The van der Waals surface area contributed by atoms with E-state index >= 15 is 0 Å². The highest BCUT2D eigenvalue weighted by Gasteiger charge is 2.10. The highest BCUT2D eigenvalue weighted by atomic mass is 32.1. The third kappa shape index (κ3) is 2.24. The molecule has 0 amide bonds. The Morgan fingerprint density at radius 2 is 2.31 bits per heavy atom. The summed E-state index contributed by atoms with van der Waals surface area (Å²) in [6.07, 6.45) is 3.43. The lowest BCUT2D eigenvalue weighted by molar-refractivity contribution is 0.127. The van der Waals surface area contributed by atoms with Crippen LogP contribution in [0.4, 0.5) is 0 Å². The Labute approximate surface area is 80.6 Å². The van der Waals surface area contributed by atoms with Gasteiger partial charge in [-0.2, -0.15) is 0 Å². The third-order valence-electron chi connectivity index (χ3n) is 1.88. The van der Waals surface area contributed by atoms with Crippen LogP contribution in [0.1, 0.15) is 29.3 Å². The normalized spacial score (nSPS) is 15.3. The SMILES string of the molecule is Cc1nnc(CON=C2CCC2)s1. The van der Waals surface area contributed by atoms with Crippen molar-refractivity contribution in [1.82, 2.24) is 10.2 Å². The summed E-state index contributed by atoms with van der Waals surface area (Å²) in [7, 11) is 0. The molecule has 0 unspecified atom stereocenters. The zero-order chi connectivity index (χ0) is 9.10. The largest absolute Gasteiger partial charge is 0.388 e. The predicted molar refractivity (Wildman–Crippen MR) is 50.7 cm³/mol. The Hall–Kier alpha value is -0.970. The van der Waals surface area contributed by atoms with Crippen LogP contribution in [-0.2, 0) is 11.4 Å². The van der Waals surface area contributed by atoms with Crippen LogP contribution < -0.4 is 0 Å². The molecule has 1 aromatic rings. The number of aromatic nitrogens is 2. The van der Waals surface area contributed by atoms with Gasteiger partial charge < -0.3 is 4.84 Å². The smallest absolute Gasteiger partial charge is 0.170 e. The fraction of sp³-hybridized carbons (Fsp3) is 0.625. The summed E-state index contributed by atoms with van der Waals surface area (Å²) in [4.78, 5) is 5.13. The highest BCUT2D eigenvalue weighted by molar-refractivity contribution is 7.11. The van der Waals surface area contributed by atoms with Gasteiger partial charge in [-0.3, -0.25) is 0 Å². The van der Waals surface area contributed by atoms with Crippen LogP contribution in [0.25, 0.3) is 0 Å². The number of nitrogens with zero attached hydrogens (tertiary/aromatic N) is 3. The number of hydrogen-bond donors (Lipinski definition) is 0. The van der Waals surface area contributed by atoms with E-state index in [-0.39, 0.29) is 0 Å². The molecule has 5 heteroatoms. The van der Waals surface area contributed by atoms with Gasteiger partial charge in [0.2, 0.25) is 0 Å². The van der Waals surface area contributed by atoms with E-state index in [0.29, 0.717) is 6.61 Å². The molecular formula is C8H11N3OS.